The summed E-state index contributed by atoms with van der Waals surface area (Å²) < 4.78 is 2.22. The van der Waals surface area contributed by atoms with Crippen LogP contribution in [0.2, 0.25) is 0 Å². The molecule has 6 heteroatoms. The van der Waals surface area contributed by atoms with Gasteiger partial charge in [-0.15, -0.1) is 10.2 Å². The minimum Gasteiger partial charge on any atom is -0.334 e. The fourth-order valence-corrected chi connectivity index (χ4v) is 4.89. The fourth-order valence-electron chi connectivity index (χ4n) is 4.89. The van der Waals surface area contributed by atoms with E-state index in [0.717, 1.165) is 55.9 Å². The molecular formula is C19H23N5O. The van der Waals surface area contributed by atoms with Gasteiger partial charge < -0.3 is 9.47 Å². The lowest BCUT2D eigenvalue weighted by Gasteiger charge is -2.30. The normalized spacial score (nSPS) is 25.8. The van der Waals surface area contributed by atoms with Gasteiger partial charge in [0.25, 0.3) is 0 Å². The molecule has 1 saturated carbocycles. The van der Waals surface area contributed by atoms with Crippen molar-refractivity contribution < 1.29 is 4.79 Å². The third-order valence-corrected chi connectivity index (χ3v) is 6.14. The number of carbonyl (C=O) groups is 1. The maximum absolute atomic E-state index is 13.1. The largest absolute Gasteiger partial charge is 0.334 e. The Labute approximate surface area is 147 Å². The number of fused-ring (bicyclic) bond motifs is 3. The maximum atomic E-state index is 13.1. The molecule has 130 valence electrons. The highest BCUT2D eigenvalue weighted by Gasteiger charge is 2.43. The number of aromatic nitrogens is 4. The second-order valence-corrected chi connectivity index (χ2v) is 7.61. The lowest BCUT2D eigenvalue weighted by molar-refractivity contribution is -0.138. The van der Waals surface area contributed by atoms with E-state index in [0.29, 0.717) is 11.9 Å². The highest BCUT2D eigenvalue weighted by atomic mass is 16.2. The molecule has 3 aliphatic rings. The molecule has 2 aliphatic heterocycles. The molecule has 2 fully saturated rings. The molecule has 1 aliphatic carbocycles. The smallest absolute Gasteiger partial charge is 0.226 e. The zero-order valence-electron chi connectivity index (χ0n) is 14.3. The van der Waals surface area contributed by atoms with Crippen molar-refractivity contribution in [1.82, 2.24) is 24.6 Å². The van der Waals surface area contributed by atoms with Crippen LogP contribution in [-0.2, 0) is 17.8 Å². The lowest BCUT2D eigenvalue weighted by Crippen LogP contribution is -2.44. The summed E-state index contributed by atoms with van der Waals surface area (Å²) in [5.41, 5.74) is 0.993. The third-order valence-electron chi connectivity index (χ3n) is 6.14. The van der Waals surface area contributed by atoms with Gasteiger partial charge >= 0.3 is 0 Å². The van der Waals surface area contributed by atoms with E-state index in [1.165, 1.54) is 12.8 Å². The van der Waals surface area contributed by atoms with Gasteiger partial charge in [0.05, 0.1) is 6.04 Å². The number of pyridine rings is 1. The number of amides is 1. The van der Waals surface area contributed by atoms with Crippen molar-refractivity contribution in [3.63, 3.8) is 0 Å². The predicted molar refractivity (Wildman–Crippen MR) is 92.6 cm³/mol. The van der Waals surface area contributed by atoms with Crippen LogP contribution in [0.15, 0.2) is 24.5 Å². The van der Waals surface area contributed by atoms with Crippen molar-refractivity contribution in [2.24, 2.45) is 5.92 Å². The molecule has 0 aromatic carbocycles. The number of nitrogens with zero attached hydrogens (tertiary/aromatic N) is 5. The molecule has 6 nitrogen and oxygen atoms in total. The van der Waals surface area contributed by atoms with Crippen LogP contribution in [0.1, 0.15) is 44.3 Å². The molecule has 1 saturated heterocycles. The van der Waals surface area contributed by atoms with Crippen molar-refractivity contribution in [1.29, 1.82) is 0 Å². The summed E-state index contributed by atoms with van der Waals surface area (Å²) in [6.07, 6.45) is 11.2. The first-order chi connectivity index (χ1) is 12.3. The van der Waals surface area contributed by atoms with E-state index in [9.17, 15) is 4.79 Å². The van der Waals surface area contributed by atoms with Crippen LogP contribution in [0, 0.1) is 5.92 Å². The molecular weight excluding hydrogens is 314 g/mol. The number of carbonyl (C=O) groups excluding carboxylic acids is 1. The average Bonchev–Trinajstić information content (AvgIpc) is 3.35. The van der Waals surface area contributed by atoms with Crippen molar-refractivity contribution in [2.45, 2.75) is 63.6 Å². The summed E-state index contributed by atoms with van der Waals surface area (Å²) in [6, 6.07) is 4.53. The topological polar surface area (TPSA) is 63.9 Å². The SMILES string of the molecule is O=C(C1CCCC1)N1C2CCC1Cn1c(nnc1-c1cccnc1)C2. The lowest BCUT2D eigenvalue weighted by atomic mass is 10.0. The Morgan fingerprint density at radius 2 is 1.92 bits per heavy atom. The van der Waals surface area contributed by atoms with Crippen LogP contribution in [0.5, 0.6) is 0 Å². The molecule has 2 aromatic rings. The fraction of sp³-hybridized carbons (Fsp3) is 0.579. The summed E-state index contributed by atoms with van der Waals surface area (Å²) >= 11 is 0. The molecule has 1 amide bonds. The first-order valence-corrected chi connectivity index (χ1v) is 9.46. The monoisotopic (exact) mass is 337 g/mol. The number of hydrogen-bond acceptors (Lipinski definition) is 4. The van der Waals surface area contributed by atoms with E-state index < -0.39 is 0 Å². The molecule has 0 N–H and O–H groups in total. The first-order valence-electron chi connectivity index (χ1n) is 9.46. The Morgan fingerprint density at radius 3 is 2.72 bits per heavy atom. The highest BCUT2D eigenvalue weighted by Crippen LogP contribution is 2.36. The molecule has 2 aromatic heterocycles. The highest BCUT2D eigenvalue weighted by molar-refractivity contribution is 5.80. The Hall–Kier alpha value is -2.24. The van der Waals surface area contributed by atoms with Crippen LogP contribution >= 0.6 is 0 Å². The molecule has 2 bridgehead atoms. The quantitative estimate of drug-likeness (QED) is 0.844. The number of rotatable bonds is 2. The van der Waals surface area contributed by atoms with E-state index in [4.69, 9.17) is 0 Å². The average molecular weight is 337 g/mol. The molecule has 5 rings (SSSR count). The van der Waals surface area contributed by atoms with Gasteiger partial charge in [-0.3, -0.25) is 9.78 Å². The Balaban J connectivity index is 1.47. The summed E-state index contributed by atoms with van der Waals surface area (Å²) in [7, 11) is 0. The first kappa shape index (κ1) is 15.0. The van der Waals surface area contributed by atoms with Crippen LogP contribution in [-0.4, -0.2) is 42.6 Å². The van der Waals surface area contributed by atoms with Gasteiger partial charge in [-0.25, -0.2) is 0 Å². The van der Waals surface area contributed by atoms with Gasteiger partial charge in [-0.2, -0.15) is 0 Å². The van der Waals surface area contributed by atoms with Gasteiger partial charge in [0.1, 0.15) is 5.82 Å². The van der Waals surface area contributed by atoms with Gasteiger partial charge in [0, 0.05) is 42.9 Å². The molecule has 0 spiro atoms. The van der Waals surface area contributed by atoms with Crippen molar-refractivity contribution >= 4 is 5.91 Å². The minimum absolute atomic E-state index is 0.254. The Morgan fingerprint density at radius 1 is 1.08 bits per heavy atom. The van der Waals surface area contributed by atoms with Crippen molar-refractivity contribution in [2.75, 3.05) is 0 Å². The van der Waals surface area contributed by atoms with Crippen molar-refractivity contribution in [3.05, 3.63) is 30.4 Å². The van der Waals surface area contributed by atoms with Crippen LogP contribution in [0.25, 0.3) is 11.4 Å². The van der Waals surface area contributed by atoms with Gasteiger partial charge in [-0.1, -0.05) is 12.8 Å². The molecule has 0 radical (unpaired) electrons. The predicted octanol–water partition coefficient (Wildman–Crippen LogP) is 2.45. The van der Waals surface area contributed by atoms with Crippen LogP contribution in [0.4, 0.5) is 0 Å². The zero-order chi connectivity index (χ0) is 16.8. The van der Waals surface area contributed by atoms with E-state index in [1.54, 1.807) is 6.20 Å². The third kappa shape index (κ3) is 2.46. The van der Waals surface area contributed by atoms with Gasteiger partial charge in [0.2, 0.25) is 5.91 Å². The van der Waals surface area contributed by atoms with Crippen LogP contribution in [0.3, 0.4) is 0 Å². The number of hydrogen-bond donors (Lipinski definition) is 0. The van der Waals surface area contributed by atoms with E-state index in [1.807, 2.05) is 18.3 Å². The zero-order valence-corrected chi connectivity index (χ0v) is 14.3. The van der Waals surface area contributed by atoms with Gasteiger partial charge in [-0.05, 0) is 37.8 Å². The van der Waals surface area contributed by atoms with Crippen LogP contribution < -0.4 is 0 Å². The van der Waals surface area contributed by atoms with E-state index in [-0.39, 0.29) is 12.0 Å². The summed E-state index contributed by atoms with van der Waals surface area (Å²) in [5.74, 6) is 2.54. The maximum Gasteiger partial charge on any atom is 0.226 e. The summed E-state index contributed by atoms with van der Waals surface area (Å²) in [6.45, 7) is 0.807. The Bertz CT molecular complexity index is 780. The second-order valence-electron chi connectivity index (χ2n) is 7.61. The second kappa shape index (κ2) is 5.93. The molecule has 2 atom stereocenters. The summed E-state index contributed by atoms with van der Waals surface area (Å²) in [5, 5.41) is 8.87. The Kier molecular flexibility index (Phi) is 3.57. The van der Waals surface area contributed by atoms with Crippen molar-refractivity contribution in [3.8, 4) is 11.4 Å². The standard InChI is InChI=1S/C19H23N5O/c25-19(13-4-1-2-5-13)24-15-7-8-16(24)12-23-17(10-15)21-22-18(23)14-6-3-9-20-11-14/h3,6,9,11,13,15-16H,1-2,4-5,7-8,10,12H2. The van der Waals surface area contributed by atoms with E-state index >= 15 is 0 Å². The summed E-state index contributed by atoms with van der Waals surface area (Å²) in [4.78, 5) is 19.5. The minimum atomic E-state index is 0.254. The van der Waals surface area contributed by atoms with Gasteiger partial charge in [0.15, 0.2) is 5.82 Å². The molecule has 25 heavy (non-hydrogen) atoms. The molecule has 4 heterocycles. The molecule has 2 unspecified atom stereocenters. The van der Waals surface area contributed by atoms with E-state index in [2.05, 4.69) is 24.6 Å².